The van der Waals surface area contributed by atoms with Crippen molar-refractivity contribution in [2.45, 2.75) is 19.4 Å². The van der Waals surface area contributed by atoms with E-state index in [1.807, 2.05) is 23.1 Å². The van der Waals surface area contributed by atoms with Crippen molar-refractivity contribution in [2.24, 2.45) is 11.8 Å². The fourth-order valence-corrected chi connectivity index (χ4v) is 3.00. The van der Waals surface area contributed by atoms with Gasteiger partial charge in [-0.2, -0.15) is 0 Å². The van der Waals surface area contributed by atoms with Gasteiger partial charge in [-0.15, -0.1) is 0 Å². The van der Waals surface area contributed by atoms with Crippen LogP contribution in [0.3, 0.4) is 0 Å². The molecule has 3 atom stereocenters. The van der Waals surface area contributed by atoms with E-state index in [0.717, 1.165) is 36.6 Å². The molecular weight excluding hydrogens is 260 g/mol. The second kappa shape index (κ2) is 5.14. The summed E-state index contributed by atoms with van der Waals surface area (Å²) in [6.45, 7) is 4.57. The fourth-order valence-electron chi connectivity index (χ4n) is 2.80. The highest BCUT2D eigenvalue weighted by Gasteiger charge is 2.42. The molecule has 1 aliphatic heterocycles. The standard InChI is InChI=1S/C15H19ClN2O/c1-10-7-13(10)15(19)18-6-5-17-14(9-18)11-3-2-4-12(16)8-11/h2-4,8,10,13-14,17H,5-7,9H2,1H3/t10-,13+,14-/m1/s1. The Bertz CT molecular complexity index is 491. The first-order chi connectivity index (χ1) is 9.15. The fraction of sp³-hybridized carbons (Fsp3) is 0.533. The number of carbonyl (C=O) groups is 1. The average molecular weight is 279 g/mol. The van der Waals surface area contributed by atoms with Crippen molar-refractivity contribution in [1.82, 2.24) is 10.2 Å². The quantitative estimate of drug-likeness (QED) is 0.901. The Labute approximate surface area is 118 Å². The predicted octanol–water partition coefficient (Wildman–Crippen LogP) is 2.47. The minimum Gasteiger partial charge on any atom is -0.339 e. The summed E-state index contributed by atoms with van der Waals surface area (Å²) in [5.41, 5.74) is 1.16. The number of piperazine rings is 1. The SMILES string of the molecule is C[C@@H]1C[C@@H]1C(=O)N1CCN[C@@H](c2cccc(Cl)c2)C1. The zero-order valence-corrected chi connectivity index (χ0v) is 11.9. The van der Waals surface area contributed by atoms with Gasteiger partial charge in [0.05, 0.1) is 0 Å². The van der Waals surface area contributed by atoms with E-state index in [0.29, 0.717) is 11.8 Å². The van der Waals surface area contributed by atoms with Crippen LogP contribution in [0.25, 0.3) is 0 Å². The third-order valence-electron chi connectivity index (χ3n) is 4.16. The van der Waals surface area contributed by atoms with Gasteiger partial charge in [0, 0.05) is 36.6 Å². The highest BCUT2D eigenvalue weighted by Crippen LogP contribution is 2.39. The summed E-state index contributed by atoms with van der Waals surface area (Å²) < 4.78 is 0. The number of benzene rings is 1. The summed E-state index contributed by atoms with van der Waals surface area (Å²) in [6.07, 6.45) is 1.06. The van der Waals surface area contributed by atoms with Crippen LogP contribution in [0.2, 0.25) is 5.02 Å². The zero-order chi connectivity index (χ0) is 13.4. The Hall–Kier alpha value is -1.06. The van der Waals surface area contributed by atoms with Gasteiger partial charge in [-0.1, -0.05) is 30.7 Å². The molecule has 2 aliphatic rings. The van der Waals surface area contributed by atoms with Gasteiger partial charge in [0.1, 0.15) is 0 Å². The smallest absolute Gasteiger partial charge is 0.226 e. The average Bonchev–Trinajstić information content (AvgIpc) is 3.15. The molecular formula is C15H19ClN2O. The van der Waals surface area contributed by atoms with Crippen LogP contribution in [-0.4, -0.2) is 30.4 Å². The largest absolute Gasteiger partial charge is 0.339 e. The molecule has 2 fully saturated rings. The van der Waals surface area contributed by atoms with Crippen molar-refractivity contribution < 1.29 is 4.79 Å². The Morgan fingerprint density at radius 1 is 1.47 bits per heavy atom. The van der Waals surface area contributed by atoms with Crippen LogP contribution in [0.5, 0.6) is 0 Å². The number of carbonyl (C=O) groups excluding carboxylic acids is 1. The molecule has 19 heavy (non-hydrogen) atoms. The molecule has 3 rings (SSSR count). The molecule has 1 N–H and O–H groups in total. The topological polar surface area (TPSA) is 32.3 Å². The number of amides is 1. The Morgan fingerprint density at radius 3 is 2.95 bits per heavy atom. The number of rotatable bonds is 2. The molecule has 1 aromatic rings. The van der Waals surface area contributed by atoms with E-state index in [1.165, 1.54) is 0 Å². The number of nitrogens with one attached hydrogen (secondary N) is 1. The van der Waals surface area contributed by atoms with E-state index >= 15 is 0 Å². The molecule has 3 nitrogen and oxygen atoms in total. The first-order valence-electron chi connectivity index (χ1n) is 6.93. The molecule has 102 valence electrons. The summed E-state index contributed by atoms with van der Waals surface area (Å²) >= 11 is 6.03. The van der Waals surface area contributed by atoms with Crippen LogP contribution in [0.4, 0.5) is 0 Å². The first kappa shape index (κ1) is 12.9. The van der Waals surface area contributed by atoms with Crippen LogP contribution in [0.15, 0.2) is 24.3 Å². The third-order valence-corrected chi connectivity index (χ3v) is 4.40. The number of hydrogen-bond donors (Lipinski definition) is 1. The zero-order valence-electron chi connectivity index (χ0n) is 11.1. The van der Waals surface area contributed by atoms with Gasteiger partial charge in [-0.05, 0) is 30.0 Å². The number of halogens is 1. The molecule has 1 amide bonds. The maximum Gasteiger partial charge on any atom is 0.226 e. The molecule has 1 saturated carbocycles. The van der Waals surface area contributed by atoms with E-state index in [2.05, 4.69) is 18.3 Å². The van der Waals surface area contributed by atoms with E-state index in [1.54, 1.807) is 0 Å². The lowest BCUT2D eigenvalue weighted by molar-refractivity contribution is -0.134. The lowest BCUT2D eigenvalue weighted by atomic mass is 10.0. The summed E-state index contributed by atoms with van der Waals surface area (Å²) in [7, 11) is 0. The molecule has 0 spiro atoms. The van der Waals surface area contributed by atoms with Crippen molar-refractivity contribution in [3.05, 3.63) is 34.9 Å². The number of nitrogens with zero attached hydrogens (tertiary/aromatic N) is 1. The molecule has 0 unspecified atom stereocenters. The van der Waals surface area contributed by atoms with Crippen molar-refractivity contribution >= 4 is 17.5 Å². The van der Waals surface area contributed by atoms with Gasteiger partial charge in [-0.25, -0.2) is 0 Å². The van der Waals surface area contributed by atoms with Crippen LogP contribution >= 0.6 is 11.6 Å². The second-order valence-corrected chi connectivity index (χ2v) is 6.10. The molecule has 1 aliphatic carbocycles. The van der Waals surface area contributed by atoms with E-state index in [-0.39, 0.29) is 12.0 Å². The minimum absolute atomic E-state index is 0.199. The van der Waals surface area contributed by atoms with E-state index < -0.39 is 0 Å². The normalized spacial score (nSPS) is 30.2. The summed E-state index contributed by atoms with van der Waals surface area (Å²) in [4.78, 5) is 14.3. The lowest BCUT2D eigenvalue weighted by Gasteiger charge is -2.34. The third kappa shape index (κ3) is 2.77. The number of hydrogen-bond acceptors (Lipinski definition) is 2. The molecule has 0 bridgehead atoms. The second-order valence-electron chi connectivity index (χ2n) is 5.67. The van der Waals surface area contributed by atoms with Crippen LogP contribution in [0.1, 0.15) is 24.9 Å². The van der Waals surface area contributed by atoms with Gasteiger partial charge in [0.2, 0.25) is 5.91 Å². The maximum absolute atomic E-state index is 12.3. The molecule has 1 aromatic carbocycles. The monoisotopic (exact) mass is 278 g/mol. The van der Waals surface area contributed by atoms with Crippen LogP contribution in [-0.2, 0) is 4.79 Å². The Morgan fingerprint density at radius 2 is 2.26 bits per heavy atom. The first-order valence-corrected chi connectivity index (χ1v) is 7.30. The summed E-state index contributed by atoms with van der Waals surface area (Å²) in [5, 5.41) is 4.21. The Kier molecular flexibility index (Phi) is 3.50. The van der Waals surface area contributed by atoms with Crippen molar-refractivity contribution in [1.29, 1.82) is 0 Å². The van der Waals surface area contributed by atoms with Gasteiger partial charge < -0.3 is 10.2 Å². The summed E-state index contributed by atoms with van der Waals surface area (Å²) in [6, 6.07) is 8.08. The van der Waals surface area contributed by atoms with Gasteiger partial charge in [0.15, 0.2) is 0 Å². The highest BCUT2D eigenvalue weighted by molar-refractivity contribution is 6.30. The van der Waals surface area contributed by atoms with Crippen LogP contribution < -0.4 is 5.32 Å². The molecule has 0 radical (unpaired) electrons. The minimum atomic E-state index is 0.199. The predicted molar refractivity (Wildman–Crippen MR) is 76.0 cm³/mol. The van der Waals surface area contributed by atoms with E-state index in [9.17, 15) is 4.79 Å². The van der Waals surface area contributed by atoms with Gasteiger partial charge in [0.25, 0.3) is 0 Å². The van der Waals surface area contributed by atoms with Gasteiger partial charge >= 0.3 is 0 Å². The summed E-state index contributed by atoms with van der Waals surface area (Å²) in [5.74, 6) is 1.19. The van der Waals surface area contributed by atoms with Crippen LogP contribution in [0, 0.1) is 11.8 Å². The molecule has 4 heteroatoms. The Balaban J connectivity index is 1.69. The van der Waals surface area contributed by atoms with Gasteiger partial charge in [-0.3, -0.25) is 4.79 Å². The van der Waals surface area contributed by atoms with Crippen molar-refractivity contribution in [3.8, 4) is 0 Å². The maximum atomic E-state index is 12.3. The molecule has 1 heterocycles. The van der Waals surface area contributed by atoms with Crippen molar-refractivity contribution in [3.63, 3.8) is 0 Å². The van der Waals surface area contributed by atoms with E-state index in [4.69, 9.17) is 11.6 Å². The molecule has 0 aromatic heterocycles. The van der Waals surface area contributed by atoms with Crippen molar-refractivity contribution in [2.75, 3.05) is 19.6 Å². The molecule has 1 saturated heterocycles. The highest BCUT2D eigenvalue weighted by atomic mass is 35.5. The lowest BCUT2D eigenvalue weighted by Crippen LogP contribution is -2.48.